The van der Waals surface area contributed by atoms with Crippen LogP contribution in [0.25, 0.3) is 0 Å². The Labute approximate surface area is 167 Å². The molecule has 3 rings (SSSR count). The van der Waals surface area contributed by atoms with Crippen molar-refractivity contribution in [2.24, 2.45) is 11.3 Å². The average molecular weight is 393 g/mol. The Bertz CT molecular complexity index is 582. The lowest BCUT2D eigenvalue weighted by atomic mass is 9.60. The summed E-state index contributed by atoms with van der Waals surface area (Å²) in [6, 6.07) is 1.98. The summed E-state index contributed by atoms with van der Waals surface area (Å²) in [4.78, 5) is 0. The van der Waals surface area contributed by atoms with E-state index in [1.807, 2.05) is 6.07 Å². The highest BCUT2D eigenvalue weighted by molar-refractivity contribution is 6.74. The van der Waals surface area contributed by atoms with Gasteiger partial charge in [-0.3, -0.25) is 0 Å². The molecule has 1 aromatic rings. The Morgan fingerprint density at radius 2 is 1.74 bits per heavy atom. The minimum atomic E-state index is -1.63. The van der Waals surface area contributed by atoms with Gasteiger partial charge in [0, 0.05) is 13.0 Å². The van der Waals surface area contributed by atoms with E-state index in [-0.39, 0.29) is 0 Å². The van der Waals surface area contributed by atoms with Crippen LogP contribution in [0.2, 0.25) is 18.1 Å². The molecule has 0 unspecified atom stereocenters. The van der Waals surface area contributed by atoms with E-state index >= 15 is 0 Å². The van der Waals surface area contributed by atoms with Crippen molar-refractivity contribution in [3.63, 3.8) is 0 Å². The third-order valence-electron chi connectivity index (χ3n) is 8.01. The van der Waals surface area contributed by atoms with Gasteiger partial charge >= 0.3 is 0 Å². The van der Waals surface area contributed by atoms with Gasteiger partial charge in [-0.05, 0) is 92.5 Å². The van der Waals surface area contributed by atoms with Crippen LogP contribution < -0.4 is 0 Å². The van der Waals surface area contributed by atoms with Crippen LogP contribution in [0.5, 0.6) is 0 Å². The van der Waals surface area contributed by atoms with Crippen molar-refractivity contribution in [2.45, 2.75) is 102 Å². The topological polar surface area (TPSA) is 42.6 Å². The summed E-state index contributed by atoms with van der Waals surface area (Å²) in [6.45, 7) is 12.6. The van der Waals surface area contributed by atoms with E-state index in [1.54, 1.807) is 12.5 Å². The molecule has 2 aliphatic carbocycles. The lowest BCUT2D eigenvalue weighted by Crippen LogP contribution is -2.44. The highest BCUT2D eigenvalue weighted by atomic mass is 28.4. The molecule has 2 saturated carbocycles. The van der Waals surface area contributed by atoms with Crippen LogP contribution >= 0.6 is 0 Å². The first-order valence-corrected chi connectivity index (χ1v) is 13.8. The van der Waals surface area contributed by atoms with Gasteiger partial charge in [0.1, 0.15) is 0 Å². The highest BCUT2D eigenvalue weighted by Crippen LogP contribution is 2.52. The van der Waals surface area contributed by atoms with E-state index in [1.165, 1.54) is 38.5 Å². The van der Waals surface area contributed by atoms with Gasteiger partial charge in [0.2, 0.25) is 0 Å². The molecule has 0 saturated heterocycles. The Morgan fingerprint density at radius 1 is 1.11 bits per heavy atom. The fourth-order valence-electron chi connectivity index (χ4n) is 4.69. The summed E-state index contributed by atoms with van der Waals surface area (Å²) in [7, 11) is -1.63. The summed E-state index contributed by atoms with van der Waals surface area (Å²) in [6.07, 6.45) is 13.7. The molecule has 3 nitrogen and oxygen atoms in total. The maximum atomic E-state index is 11.0. The van der Waals surface area contributed by atoms with Crippen molar-refractivity contribution in [1.29, 1.82) is 0 Å². The van der Waals surface area contributed by atoms with Crippen LogP contribution in [0.4, 0.5) is 0 Å². The molecule has 0 amide bonds. The first-order chi connectivity index (χ1) is 12.5. The summed E-state index contributed by atoms with van der Waals surface area (Å²) in [5.74, 6) is 0.733. The van der Waals surface area contributed by atoms with Crippen molar-refractivity contribution >= 4 is 8.32 Å². The number of furan rings is 1. The quantitative estimate of drug-likeness (QED) is 0.596. The Balaban J connectivity index is 1.45. The van der Waals surface area contributed by atoms with E-state index in [4.69, 9.17) is 8.84 Å². The molecule has 1 spiro atoms. The van der Waals surface area contributed by atoms with Crippen molar-refractivity contribution in [1.82, 2.24) is 0 Å². The number of aliphatic hydroxyl groups is 1. The van der Waals surface area contributed by atoms with Crippen LogP contribution in [-0.4, -0.2) is 25.6 Å². The lowest BCUT2D eigenvalue weighted by Gasteiger charge is -2.48. The normalized spacial score (nSPS) is 32.7. The van der Waals surface area contributed by atoms with Gasteiger partial charge in [-0.15, -0.1) is 0 Å². The van der Waals surface area contributed by atoms with Crippen molar-refractivity contribution < 1.29 is 13.9 Å². The molecular weight excluding hydrogens is 352 g/mol. The fourth-order valence-corrected chi connectivity index (χ4v) is 5.78. The van der Waals surface area contributed by atoms with Gasteiger partial charge in [-0.2, -0.15) is 0 Å². The molecule has 0 bridgehead atoms. The molecule has 0 aliphatic heterocycles. The predicted octanol–water partition coefficient (Wildman–Crippen LogP) is 6.33. The molecule has 0 atom stereocenters. The van der Waals surface area contributed by atoms with Gasteiger partial charge in [0.05, 0.1) is 18.1 Å². The highest BCUT2D eigenvalue weighted by Gasteiger charge is 2.44. The molecule has 1 heterocycles. The molecule has 1 N–H and O–H groups in total. The Hall–Kier alpha value is -0.583. The molecule has 2 aliphatic rings. The number of hydrogen-bond acceptors (Lipinski definition) is 3. The van der Waals surface area contributed by atoms with E-state index < -0.39 is 13.9 Å². The molecule has 0 aromatic carbocycles. The summed E-state index contributed by atoms with van der Waals surface area (Å²) in [5.41, 5.74) is 1.08. The van der Waals surface area contributed by atoms with Crippen molar-refractivity contribution in [3.05, 3.63) is 24.2 Å². The standard InChI is InChI=1S/C23H40O3Si/c1-21(2,3)27(4,5)26-18-19-6-9-22(10-7-19)11-13-23(24,14-12-22)16-20-8-15-25-17-20/h8,15,17,19,24H,6-7,9-14,16,18H2,1-5H3. The SMILES string of the molecule is CC(C)(C)[Si](C)(C)OCC1CCC2(CC1)CCC(O)(Cc1ccoc1)CC2. The van der Waals surface area contributed by atoms with Crippen molar-refractivity contribution in [2.75, 3.05) is 6.61 Å². The molecule has 2 fully saturated rings. The van der Waals surface area contributed by atoms with Crippen LogP contribution in [0.3, 0.4) is 0 Å². The fraction of sp³-hybridized carbons (Fsp3) is 0.826. The van der Waals surface area contributed by atoms with Gasteiger partial charge in [-0.1, -0.05) is 20.8 Å². The van der Waals surface area contributed by atoms with Gasteiger partial charge in [0.25, 0.3) is 0 Å². The molecule has 154 valence electrons. The van der Waals surface area contributed by atoms with Gasteiger partial charge in [-0.25, -0.2) is 0 Å². The second-order valence-electron chi connectivity index (χ2n) is 11.0. The second kappa shape index (κ2) is 7.68. The second-order valence-corrected chi connectivity index (χ2v) is 15.9. The van der Waals surface area contributed by atoms with Crippen LogP contribution in [0, 0.1) is 11.3 Å². The maximum Gasteiger partial charge on any atom is 0.191 e. The van der Waals surface area contributed by atoms with Gasteiger partial charge in [0.15, 0.2) is 8.32 Å². The molecule has 1 aromatic heterocycles. The number of rotatable bonds is 5. The first-order valence-electron chi connectivity index (χ1n) is 10.9. The molecule has 4 heteroatoms. The number of hydrogen-bond donors (Lipinski definition) is 1. The monoisotopic (exact) mass is 392 g/mol. The van der Waals surface area contributed by atoms with Crippen LogP contribution in [0.1, 0.15) is 77.7 Å². The zero-order valence-corrected chi connectivity index (χ0v) is 19.1. The summed E-state index contributed by atoms with van der Waals surface area (Å²) >= 11 is 0. The van der Waals surface area contributed by atoms with E-state index in [0.717, 1.165) is 37.4 Å². The molecular formula is C23H40O3Si. The molecule has 27 heavy (non-hydrogen) atoms. The zero-order valence-electron chi connectivity index (χ0n) is 18.1. The zero-order chi connectivity index (χ0) is 19.8. The van der Waals surface area contributed by atoms with Crippen molar-refractivity contribution in [3.8, 4) is 0 Å². The van der Waals surface area contributed by atoms with E-state index in [0.29, 0.717) is 10.5 Å². The maximum absolute atomic E-state index is 11.0. The lowest BCUT2D eigenvalue weighted by molar-refractivity contribution is -0.0495. The smallest absolute Gasteiger partial charge is 0.191 e. The van der Waals surface area contributed by atoms with E-state index in [9.17, 15) is 5.11 Å². The average Bonchev–Trinajstić information content (AvgIpc) is 3.09. The summed E-state index contributed by atoms with van der Waals surface area (Å²) in [5, 5.41) is 11.3. The van der Waals surface area contributed by atoms with Gasteiger partial charge < -0.3 is 13.9 Å². The minimum Gasteiger partial charge on any atom is -0.472 e. The Kier molecular flexibility index (Phi) is 6.01. The molecule has 0 radical (unpaired) electrons. The van der Waals surface area contributed by atoms with E-state index in [2.05, 4.69) is 33.9 Å². The first kappa shape index (κ1) is 21.1. The van der Waals surface area contributed by atoms with Crippen LogP contribution in [0.15, 0.2) is 23.0 Å². The van der Waals surface area contributed by atoms with Crippen LogP contribution in [-0.2, 0) is 10.8 Å². The third kappa shape index (κ3) is 5.07. The predicted molar refractivity (Wildman–Crippen MR) is 113 cm³/mol. The minimum absolute atomic E-state index is 0.297. The third-order valence-corrected chi connectivity index (χ3v) is 12.5. The largest absolute Gasteiger partial charge is 0.472 e. The summed E-state index contributed by atoms with van der Waals surface area (Å²) < 4.78 is 11.7. The Morgan fingerprint density at radius 3 is 2.26 bits per heavy atom.